The van der Waals surface area contributed by atoms with E-state index in [9.17, 15) is 9.50 Å². The predicted octanol–water partition coefficient (Wildman–Crippen LogP) is 3.64. The van der Waals surface area contributed by atoms with Gasteiger partial charge in [-0.1, -0.05) is 34.1 Å². The van der Waals surface area contributed by atoms with E-state index in [1.165, 1.54) is 11.6 Å². The molecule has 0 saturated carbocycles. The Labute approximate surface area is 119 Å². The molecule has 2 nitrogen and oxygen atoms in total. The van der Waals surface area contributed by atoms with E-state index in [0.29, 0.717) is 0 Å². The topological polar surface area (TPSA) is 32.3 Å². The molecular formula is C15H13BrFNO. The van der Waals surface area contributed by atoms with Gasteiger partial charge in [0, 0.05) is 27.8 Å². The second-order valence-corrected chi connectivity index (χ2v) is 5.54. The van der Waals surface area contributed by atoms with E-state index < -0.39 is 11.9 Å². The second kappa shape index (κ2) is 4.94. The molecule has 3 rings (SSSR count). The second-order valence-electron chi connectivity index (χ2n) is 4.63. The molecule has 0 bridgehead atoms. The van der Waals surface area contributed by atoms with Gasteiger partial charge in [-0.05, 0) is 30.2 Å². The third-order valence-corrected chi connectivity index (χ3v) is 3.92. The average Bonchev–Trinajstić information content (AvgIpc) is 2.89. The van der Waals surface area contributed by atoms with Gasteiger partial charge in [-0.2, -0.15) is 0 Å². The van der Waals surface area contributed by atoms with Crippen molar-refractivity contribution in [2.45, 2.75) is 12.5 Å². The molecule has 1 aliphatic heterocycles. The Balaban J connectivity index is 2.07. The van der Waals surface area contributed by atoms with Crippen LogP contribution in [0.1, 0.15) is 22.8 Å². The molecule has 19 heavy (non-hydrogen) atoms. The van der Waals surface area contributed by atoms with Crippen LogP contribution in [-0.4, -0.2) is 11.7 Å². The van der Waals surface area contributed by atoms with E-state index in [4.69, 9.17) is 0 Å². The highest BCUT2D eigenvalue weighted by molar-refractivity contribution is 9.10. The van der Waals surface area contributed by atoms with Crippen LogP contribution in [0.2, 0.25) is 0 Å². The van der Waals surface area contributed by atoms with Gasteiger partial charge in [0.15, 0.2) is 0 Å². The van der Waals surface area contributed by atoms with Crippen molar-refractivity contribution < 1.29 is 9.50 Å². The standard InChI is InChI=1S/C15H13BrFNO/c16-10-4-5-13(17)12(8-10)15(19)11-3-1-2-9-6-7-18-14(9)11/h1-5,8,15,18-19H,6-7H2. The van der Waals surface area contributed by atoms with Crippen molar-refractivity contribution in [3.05, 3.63) is 63.4 Å². The molecule has 4 heteroatoms. The summed E-state index contributed by atoms with van der Waals surface area (Å²) in [4.78, 5) is 0. The number of para-hydroxylation sites is 1. The van der Waals surface area contributed by atoms with Crippen LogP contribution in [0.15, 0.2) is 40.9 Å². The Kier molecular flexibility index (Phi) is 3.29. The van der Waals surface area contributed by atoms with Crippen LogP contribution in [0.3, 0.4) is 0 Å². The number of rotatable bonds is 2. The lowest BCUT2D eigenvalue weighted by Crippen LogP contribution is -2.06. The molecular weight excluding hydrogens is 309 g/mol. The first kappa shape index (κ1) is 12.6. The molecule has 0 spiro atoms. The lowest BCUT2D eigenvalue weighted by Gasteiger charge is -2.16. The van der Waals surface area contributed by atoms with E-state index in [1.807, 2.05) is 18.2 Å². The molecule has 98 valence electrons. The summed E-state index contributed by atoms with van der Waals surface area (Å²) in [6.45, 7) is 0.861. The highest BCUT2D eigenvalue weighted by atomic mass is 79.9. The van der Waals surface area contributed by atoms with Crippen LogP contribution >= 0.6 is 15.9 Å². The molecule has 0 saturated heterocycles. The van der Waals surface area contributed by atoms with Crippen molar-refractivity contribution in [2.24, 2.45) is 0 Å². The minimum absolute atomic E-state index is 0.288. The highest BCUT2D eigenvalue weighted by Gasteiger charge is 2.22. The minimum atomic E-state index is -0.960. The largest absolute Gasteiger partial charge is 0.384 e. The number of hydrogen-bond donors (Lipinski definition) is 2. The zero-order valence-corrected chi connectivity index (χ0v) is 11.7. The lowest BCUT2D eigenvalue weighted by molar-refractivity contribution is 0.215. The lowest BCUT2D eigenvalue weighted by atomic mass is 9.97. The molecule has 0 aromatic heterocycles. The Hall–Kier alpha value is -1.39. The first-order valence-corrected chi connectivity index (χ1v) is 6.95. The quantitative estimate of drug-likeness (QED) is 0.885. The van der Waals surface area contributed by atoms with Gasteiger partial charge in [-0.3, -0.25) is 0 Å². The van der Waals surface area contributed by atoms with Crippen molar-refractivity contribution in [1.29, 1.82) is 0 Å². The summed E-state index contributed by atoms with van der Waals surface area (Å²) in [5, 5.41) is 13.7. The molecule has 1 atom stereocenters. The predicted molar refractivity (Wildman–Crippen MR) is 76.8 cm³/mol. The van der Waals surface area contributed by atoms with Gasteiger partial charge in [0.2, 0.25) is 0 Å². The SMILES string of the molecule is OC(c1cc(Br)ccc1F)c1cccc2c1NCC2. The number of hydrogen-bond acceptors (Lipinski definition) is 2. The molecule has 0 amide bonds. The molecule has 2 N–H and O–H groups in total. The van der Waals surface area contributed by atoms with E-state index in [2.05, 4.69) is 21.2 Å². The van der Waals surface area contributed by atoms with Crippen molar-refractivity contribution in [2.75, 3.05) is 11.9 Å². The molecule has 0 aliphatic carbocycles. The fourth-order valence-electron chi connectivity index (χ4n) is 2.49. The Morgan fingerprint density at radius 2 is 2.05 bits per heavy atom. The van der Waals surface area contributed by atoms with Gasteiger partial charge >= 0.3 is 0 Å². The van der Waals surface area contributed by atoms with E-state index in [-0.39, 0.29) is 5.56 Å². The van der Waals surface area contributed by atoms with Crippen LogP contribution in [0.4, 0.5) is 10.1 Å². The molecule has 1 heterocycles. The molecule has 0 radical (unpaired) electrons. The first-order valence-electron chi connectivity index (χ1n) is 6.15. The zero-order valence-electron chi connectivity index (χ0n) is 10.2. The summed E-state index contributed by atoms with van der Waals surface area (Å²) in [7, 11) is 0. The smallest absolute Gasteiger partial charge is 0.129 e. The Bertz CT molecular complexity index is 630. The molecule has 0 fully saturated rings. The normalized spacial score (nSPS) is 14.9. The summed E-state index contributed by atoms with van der Waals surface area (Å²) in [5.41, 5.74) is 3.13. The van der Waals surface area contributed by atoms with Crippen molar-refractivity contribution in [3.8, 4) is 0 Å². The number of benzene rings is 2. The van der Waals surface area contributed by atoms with Gasteiger partial charge in [0.05, 0.1) is 0 Å². The fraction of sp³-hybridized carbons (Fsp3) is 0.200. The van der Waals surface area contributed by atoms with E-state index in [1.54, 1.807) is 12.1 Å². The van der Waals surface area contributed by atoms with E-state index in [0.717, 1.165) is 28.7 Å². The minimum Gasteiger partial charge on any atom is -0.384 e. The maximum Gasteiger partial charge on any atom is 0.129 e. The summed E-state index contributed by atoms with van der Waals surface area (Å²) >= 11 is 3.31. The van der Waals surface area contributed by atoms with Gasteiger partial charge < -0.3 is 10.4 Å². The third-order valence-electron chi connectivity index (χ3n) is 3.43. The summed E-state index contributed by atoms with van der Waals surface area (Å²) in [5.74, 6) is -0.397. The summed E-state index contributed by atoms with van der Waals surface area (Å²) in [6, 6.07) is 10.4. The van der Waals surface area contributed by atoms with Crippen LogP contribution in [0.5, 0.6) is 0 Å². The van der Waals surface area contributed by atoms with Gasteiger partial charge in [0.1, 0.15) is 11.9 Å². The first-order chi connectivity index (χ1) is 9.16. The fourth-order valence-corrected chi connectivity index (χ4v) is 2.86. The number of anilines is 1. The molecule has 2 aromatic rings. The summed E-state index contributed by atoms with van der Waals surface area (Å²) < 4.78 is 14.6. The molecule has 1 unspecified atom stereocenters. The molecule has 2 aromatic carbocycles. The van der Waals surface area contributed by atoms with Crippen molar-refractivity contribution in [1.82, 2.24) is 0 Å². The highest BCUT2D eigenvalue weighted by Crippen LogP contribution is 2.35. The number of halogens is 2. The Morgan fingerprint density at radius 1 is 1.21 bits per heavy atom. The maximum atomic E-state index is 13.9. The van der Waals surface area contributed by atoms with Crippen LogP contribution in [0, 0.1) is 5.82 Å². The monoisotopic (exact) mass is 321 g/mol. The number of aliphatic hydroxyl groups is 1. The van der Waals surface area contributed by atoms with Crippen molar-refractivity contribution in [3.63, 3.8) is 0 Å². The number of aliphatic hydroxyl groups excluding tert-OH is 1. The number of fused-ring (bicyclic) bond motifs is 1. The average molecular weight is 322 g/mol. The van der Waals surface area contributed by atoms with E-state index >= 15 is 0 Å². The van der Waals surface area contributed by atoms with Crippen molar-refractivity contribution >= 4 is 21.6 Å². The maximum absolute atomic E-state index is 13.9. The zero-order chi connectivity index (χ0) is 13.4. The van der Waals surface area contributed by atoms with Crippen LogP contribution < -0.4 is 5.32 Å². The third kappa shape index (κ3) is 2.26. The summed E-state index contributed by atoms with van der Waals surface area (Å²) in [6.07, 6.45) is -0.0188. The molecule has 1 aliphatic rings. The van der Waals surface area contributed by atoms with Crippen LogP contribution in [-0.2, 0) is 6.42 Å². The van der Waals surface area contributed by atoms with Gasteiger partial charge in [-0.25, -0.2) is 4.39 Å². The van der Waals surface area contributed by atoms with Crippen LogP contribution in [0.25, 0.3) is 0 Å². The Morgan fingerprint density at radius 3 is 2.89 bits per heavy atom. The van der Waals surface area contributed by atoms with Gasteiger partial charge in [0.25, 0.3) is 0 Å². The van der Waals surface area contributed by atoms with Gasteiger partial charge in [-0.15, -0.1) is 0 Å². The number of nitrogens with one attached hydrogen (secondary N) is 1.